The second-order valence-electron chi connectivity index (χ2n) is 4.51. The standard InChI is InChI=1S/C12H14FNO3/c13-9-5-8(6-14-7-9)12(11(16)17)3-1-10(15)2-4-12/h5-7,10,15H,1-4H2,(H,16,17). The molecule has 1 aromatic heterocycles. The number of carboxylic acids is 1. The Kier molecular flexibility index (Phi) is 3.11. The van der Waals surface area contributed by atoms with Crippen LogP contribution in [0.1, 0.15) is 31.2 Å². The van der Waals surface area contributed by atoms with Crippen molar-refractivity contribution in [2.24, 2.45) is 0 Å². The Balaban J connectivity index is 2.38. The van der Waals surface area contributed by atoms with Gasteiger partial charge in [0.25, 0.3) is 0 Å². The summed E-state index contributed by atoms with van der Waals surface area (Å²) in [5.74, 6) is -1.51. The Morgan fingerprint density at radius 3 is 2.59 bits per heavy atom. The van der Waals surface area contributed by atoms with Crippen LogP contribution in [0.4, 0.5) is 4.39 Å². The number of pyridine rings is 1. The van der Waals surface area contributed by atoms with E-state index in [-0.39, 0.29) is 0 Å². The van der Waals surface area contributed by atoms with Crippen LogP contribution in [0.2, 0.25) is 0 Å². The fraction of sp³-hybridized carbons (Fsp3) is 0.500. The number of rotatable bonds is 2. The summed E-state index contributed by atoms with van der Waals surface area (Å²) in [6.07, 6.45) is 3.46. The Morgan fingerprint density at radius 1 is 1.41 bits per heavy atom. The van der Waals surface area contributed by atoms with E-state index < -0.39 is 23.3 Å². The van der Waals surface area contributed by atoms with E-state index in [4.69, 9.17) is 0 Å². The molecule has 5 heteroatoms. The zero-order chi connectivity index (χ0) is 12.5. The predicted octanol–water partition coefficient (Wildman–Crippen LogP) is 1.48. The number of carboxylic acid groups (broad SMARTS) is 1. The van der Waals surface area contributed by atoms with Gasteiger partial charge < -0.3 is 10.2 Å². The highest BCUT2D eigenvalue weighted by Crippen LogP contribution is 2.39. The zero-order valence-electron chi connectivity index (χ0n) is 9.27. The van der Waals surface area contributed by atoms with Crippen molar-refractivity contribution in [3.63, 3.8) is 0 Å². The topological polar surface area (TPSA) is 70.4 Å². The molecule has 0 radical (unpaired) electrons. The molecule has 1 heterocycles. The first-order valence-electron chi connectivity index (χ1n) is 5.57. The van der Waals surface area contributed by atoms with Crippen molar-refractivity contribution in [2.45, 2.75) is 37.2 Å². The number of aliphatic carboxylic acids is 1. The van der Waals surface area contributed by atoms with Gasteiger partial charge in [-0.05, 0) is 37.3 Å². The van der Waals surface area contributed by atoms with Crippen molar-refractivity contribution in [1.82, 2.24) is 4.98 Å². The first-order chi connectivity index (χ1) is 8.04. The molecule has 0 aromatic carbocycles. The number of halogens is 1. The van der Waals surface area contributed by atoms with Crippen LogP contribution >= 0.6 is 0 Å². The van der Waals surface area contributed by atoms with E-state index in [1.54, 1.807) is 0 Å². The lowest BCUT2D eigenvalue weighted by Gasteiger charge is -2.35. The molecule has 0 spiro atoms. The highest BCUT2D eigenvalue weighted by atomic mass is 19.1. The normalized spacial score (nSPS) is 28.9. The molecule has 0 bridgehead atoms. The third kappa shape index (κ3) is 2.15. The SMILES string of the molecule is O=C(O)C1(c2cncc(F)c2)CCC(O)CC1. The molecule has 2 rings (SSSR count). The maximum Gasteiger partial charge on any atom is 0.314 e. The highest BCUT2D eigenvalue weighted by Gasteiger charge is 2.43. The summed E-state index contributed by atoms with van der Waals surface area (Å²) >= 11 is 0. The third-order valence-electron chi connectivity index (χ3n) is 3.48. The van der Waals surface area contributed by atoms with Crippen molar-refractivity contribution in [2.75, 3.05) is 0 Å². The molecule has 17 heavy (non-hydrogen) atoms. The smallest absolute Gasteiger partial charge is 0.314 e. The molecule has 1 saturated carbocycles. The average Bonchev–Trinajstić information content (AvgIpc) is 2.30. The predicted molar refractivity (Wildman–Crippen MR) is 58.0 cm³/mol. The Morgan fingerprint density at radius 2 is 2.06 bits per heavy atom. The van der Waals surface area contributed by atoms with Crippen molar-refractivity contribution in [3.8, 4) is 0 Å². The van der Waals surface area contributed by atoms with Gasteiger partial charge in [-0.1, -0.05) is 0 Å². The largest absolute Gasteiger partial charge is 0.481 e. The summed E-state index contributed by atoms with van der Waals surface area (Å²) in [6, 6.07) is 1.22. The van der Waals surface area contributed by atoms with Gasteiger partial charge in [-0.15, -0.1) is 0 Å². The van der Waals surface area contributed by atoms with Crippen LogP contribution in [0.15, 0.2) is 18.5 Å². The van der Waals surface area contributed by atoms with Crippen molar-refractivity contribution < 1.29 is 19.4 Å². The molecular formula is C12H14FNO3. The Bertz CT molecular complexity index is 428. The van der Waals surface area contributed by atoms with Crippen molar-refractivity contribution >= 4 is 5.97 Å². The molecule has 0 saturated heterocycles. The lowest BCUT2D eigenvalue weighted by Crippen LogP contribution is -2.41. The van der Waals surface area contributed by atoms with E-state index in [0.29, 0.717) is 31.2 Å². The van der Waals surface area contributed by atoms with Crippen LogP contribution in [0, 0.1) is 5.82 Å². The van der Waals surface area contributed by atoms with Crippen LogP contribution in [0.25, 0.3) is 0 Å². The third-order valence-corrected chi connectivity index (χ3v) is 3.48. The van der Waals surface area contributed by atoms with E-state index in [1.807, 2.05) is 0 Å². The first kappa shape index (κ1) is 12.0. The summed E-state index contributed by atoms with van der Waals surface area (Å²) in [4.78, 5) is 15.2. The fourth-order valence-electron chi connectivity index (χ4n) is 2.39. The molecule has 1 aromatic rings. The van der Waals surface area contributed by atoms with Crippen LogP contribution in [0.3, 0.4) is 0 Å². The summed E-state index contributed by atoms with van der Waals surface area (Å²) in [7, 11) is 0. The van der Waals surface area contributed by atoms with Gasteiger partial charge in [-0.3, -0.25) is 9.78 Å². The highest BCUT2D eigenvalue weighted by molar-refractivity contribution is 5.81. The molecule has 4 nitrogen and oxygen atoms in total. The molecule has 0 unspecified atom stereocenters. The van der Waals surface area contributed by atoms with E-state index >= 15 is 0 Å². The number of aliphatic hydroxyl groups excluding tert-OH is 1. The van der Waals surface area contributed by atoms with E-state index in [9.17, 15) is 19.4 Å². The van der Waals surface area contributed by atoms with E-state index in [2.05, 4.69) is 4.98 Å². The molecule has 1 aliphatic carbocycles. The Hall–Kier alpha value is -1.49. The lowest BCUT2D eigenvalue weighted by molar-refractivity contribution is -0.146. The van der Waals surface area contributed by atoms with Crippen LogP contribution in [-0.4, -0.2) is 27.3 Å². The number of carbonyl (C=O) groups is 1. The molecule has 1 aliphatic rings. The van der Waals surface area contributed by atoms with Crippen LogP contribution in [0.5, 0.6) is 0 Å². The number of hydrogen-bond acceptors (Lipinski definition) is 3. The second-order valence-corrected chi connectivity index (χ2v) is 4.51. The molecule has 0 atom stereocenters. The Labute approximate surface area is 98.1 Å². The summed E-state index contributed by atoms with van der Waals surface area (Å²) < 4.78 is 13.1. The number of nitrogens with zero attached hydrogens (tertiary/aromatic N) is 1. The minimum absolute atomic E-state index is 0.314. The maximum absolute atomic E-state index is 13.1. The van der Waals surface area contributed by atoms with Gasteiger partial charge in [0, 0.05) is 6.20 Å². The number of hydrogen-bond donors (Lipinski definition) is 2. The van der Waals surface area contributed by atoms with E-state index in [1.165, 1.54) is 12.3 Å². The van der Waals surface area contributed by atoms with E-state index in [0.717, 1.165) is 6.20 Å². The number of aromatic nitrogens is 1. The molecule has 2 N–H and O–H groups in total. The molecule has 0 aliphatic heterocycles. The first-order valence-corrected chi connectivity index (χ1v) is 5.57. The van der Waals surface area contributed by atoms with Gasteiger partial charge >= 0.3 is 5.97 Å². The van der Waals surface area contributed by atoms with Gasteiger partial charge in [0.15, 0.2) is 0 Å². The minimum Gasteiger partial charge on any atom is -0.481 e. The summed E-state index contributed by atoms with van der Waals surface area (Å²) in [5.41, 5.74) is -0.717. The number of aliphatic hydroxyl groups is 1. The average molecular weight is 239 g/mol. The summed E-state index contributed by atoms with van der Waals surface area (Å²) in [6.45, 7) is 0. The van der Waals surface area contributed by atoms with Crippen molar-refractivity contribution in [3.05, 3.63) is 29.8 Å². The van der Waals surface area contributed by atoms with Gasteiger partial charge in [0.2, 0.25) is 0 Å². The zero-order valence-corrected chi connectivity index (χ0v) is 9.27. The summed E-state index contributed by atoms with van der Waals surface area (Å²) in [5, 5.41) is 18.8. The minimum atomic E-state index is -1.10. The van der Waals surface area contributed by atoms with Crippen molar-refractivity contribution in [1.29, 1.82) is 0 Å². The molecule has 1 fully saturated rings. The molecule has 0 amide bonds. The van der Waals surface area contributed by atoms with Gasteiger partial charge in [0.05, 0.1) is 17.7 Å². The monoisotopic (exact) mass is 239 g/mol. The van der Waals surface area contributed by atoms with Gasteiger partial charge in [0.1, 0.15) is 5.82 Å². The second kappa shape index (κ2) is 4.41. The molecular weight excluding hydrogens is 225 g/mol. The van der Waals surface area contributed by atoms with Gasteiger partial charge in [-0.25, -0.2) is 4.39 Å². The van der Waals surface area contributed by atoms with Gasteiger partial charge in [-0.2, -0.15) is 0 Å². The lowest BCUT2D eigenvalue weighted by atomic mass is 9.69. The van der Waals surface area contributed by atoms with Crippen LogP contribution < -0.4 is 0 Å². The quantitative estimate of drug-likeness (QED) is 0.820. The fourth-order valence-corrected chi connectivity index (χ4v) is 2.39. The van der Waals surface area contributed by atoms with Crippen LogP contribution in [-0.2, 0) is 10.2 Å². The maximum atomic E-state index is 13.1. The molecule has 92 valence electrons.